The molecule has 2 N–H and O–H groups in total. The number of aliphatic carboxylic acids is 1. The van der Waals surface area contributed by atoms with Crippen molar-refractivity contribution in [2.45, 2.75) is 39.2 Å². The van der Waals surface area contributed by atoms with Gasteiger partial charge in [-0.1, -0.05) is 26.2 Å². The fourth-order valence-corrected chi connectivity index (χ4v) is 1.85. The lowest BCUT2D eigenvalue weighted by atomic mass is 9.99. The second kappa shape index (κ2) is 7.03. The minimum atomic E-state index is -1.00. The number of amides is 2. The van der Waals surface area contributed by atoms with Crippen LogP contribution < -0.4 is 5.32 Å². The molecule has 106 valence electrons. The molecule has 0 aromatic carbocycles. The highest BCUT2D eigenvalue weighted by atomic mass is 16.4. The number of hydrogen-bond donors (Lipinski definition) is 2. The Morgan fingerprint density at radius 2 is 2.16 bits per heavy atom. The highest BCUT2D eigenvalue weighted by Gasteiger charge is 2.30. The molecule has 1 rings (SSSR count). The van der Waals surface area contributed by atoms with E-state index < -0.39 is 12.0 Å². The molecule has 0 heterocycles. The highest BCUT2D eigenvalue weighted by molar-refractivity contribution is 5.83. The van der Waals surface area contributed by atoms with E-state index in [1.807, 2.05) is 13.8 Å². The largest absolute Gasteiger partial charge is 0.480 e. The third-order valence-corrected chi connectivity index (χ3v) is 3.50. The first-order chi connectivity index (χ1) is 8.99. The maximum absolute atomic E-state index is 12.1. The van der Waals surface area contributed by atoms with Crippen molar-refractivity contribution in [2.24, 2.45) is 11.8 Å². The Labute approximate surface area is 114 Å². The van der Waals surface area contributed by atoms with Crippen molar-refractivity contribution in [2.75, 3.05) is 13.1 Å². The van der Waals surface area contributed by atoms with Gasteiger partial charge in [0.1, 0.15) is 6.04 Å². The first-order valence-electron chi connectivity index (χ1n) is 6.71. The Hall–Kier alpha value is -1.70. The summed E-state index contributed by atoms with van der Waals surface area (Å²) in [5, 5.41) is 11.7. The van der Waals surface area contributed by atoms with Crippen LogP contribution in [-0.2, 0) is 4.79 Å². The molecule has 1 fully saturated rings. The molecule has 2 atom stereocenters. The molecule has 0 aromatic heterocycles. The fraction of sp³-hybridized carbons (Fsp3) is 0.714. The molecule has 0 radical (unpaired) electrons. The first-order valence-corrected chi connectivity index (χ1v) is 6.71. The Morgan fingerprint density at radius 3 is 2.58 bits per heavy atom. The monoisotopic (exact) mass is 266 g/mol. The van der Waals surface area contributed by atoms with Crippen molar-refractivity contribution < 1.29 is 14.7 Å². The lowest BCUT2D eigenvalue weighted by Gasteiger charge is -2.26. The summed E-state index contributed by atoms with van der Waals surface area (Å²) in [6.45, 7) is 4.54. The van der Waals surface area contributed by atoms with Crippen molar-refractivity contribution >= 4 is 12.0 Å². The van der Waals surface area contributed by atoms with E-state index in [4.69, 9.17) is 11.5 Å². The van der Waals surface area contributed by atoms with Gasteiger partial charge in [-0.25, -0.2) is 9.59 Å². The lowest BCUT2D eigenvalue weighted by Crippen LogP contribution is -2.51. The molecular weight excluding hydrogens is 244 g/mol. The number of nitrogens with one attached hydrogen (secondary N) is 1. The Morgan fingerprint density at radius 1 is 1.53 bits per heavy atom. The van der Waals surface area contributed by atoms with Crippen LogP contribution in [0.15, 0.2) is 0 Å². The van der Waals surface area contributed by atoms with Crippen LogP contribution in [0, 0.1) is 24.2 Å². The Balaban J connectivity index is 2.61. The average molecular weight is 266 g/mol. The van der Waals surface area contributed by atoms with Crippen molar-refractivity contribution in [3.05, 3.63) is 0 Å². The van der Waals surface area contributed by atoms with Gasteiger partial charge in [-0.15, -0.1) is 6.42 Å². The van der Waals surface area contributed by atoms with Crippen LogP contribution in [0.2, 0.25) is 0 Å². The summed E-state index contributed by atoms with van der Waals surface area (Å²) in [4.78, 5) is 24.8. The predicted molar refractivity (Wildman–Crippen MR) is 72.5 cm³/mol. The molecule has 1 aliphatic rings. The van der Waals surface area contributed by atoms with E-state index in [0.29, 0.717) is 18.9 Å². The van der Waals surface area contributed by atoms with E-state index in [2.05, 4.69) is 11.2 Å². The number of nitrogens with zero attached hydrogens (tertiary/aromatic N) is 1. The number of carboxylic acids is 1. The molecule has 1 saturated carbocycles. The molecule has 5 nitrogen and oxygen atoms in total. The van der Waals surface area contributed by atoms with Gasteiger partial charge < -0.3 is 15.3 Å². The lowest BCUT2D eigenvalue weighted by molar-refractivity contribution is -0.140. The molecule has 2 amide bonds. The zero-order valence-corrected chi connectivity index (χ0v) is 11.6. The molecule has 1 unspecified atom stereocenters. The van der Waals surface area contributed by atoms with Gasteiger partial charge in [0.2, 0.25) is 0 Å². The predicted octanol–water partition coefficient (Wildman–Crippen LogP) is 1.54. The van der Waals surface area contributed by atoms with E-state index in [-0.39, 0.29) is 18.5 Å². The van der Waals surface area contributed by atoms with Crippen LogP contribution in [-0.4, -0.2) is 41.1 Å². The minimum absolute atomic E-state index is 0.116. The SMILES string of the molecule is C#CCN(CC1CC1)C(=O)N[C@H](C(=O)O)C(C)CC. The van der Waals surface area contributed by atoms with E-state index in [1.54, 1.807) is 0 Å². The number of urea groups is 1. The van der Waals surface area contributed by atoms with Gasteiger partial charge in [0.15, 0.2) is 0 Å². The van der Waals surface area contributed by atoms with Gasteiger partial charge in [0, 0.05) is 6.54 Å². The number of rotatable bonds is 7. The average Bonchev–Trinajstić information content (AvgIpc) is 3.17. The van der Waals surface area contributed by atoms with E-state index in [1.165, 1.54) is 4.90 Å². The standard InChI is InChI=1S/C14H22N2O3/c1-4-8-16(9-11-6-7-11)14(19)15-12(13(17)18)10(3)5-2/h1,10-12H,5-9H2,2-3H3,(H,15,19)(H,17,18)/t10?,12-/m0/s1. The number of carbonyl (C=O) groups is 2. The quantitative estimate of drug-likeness (QED) is 0.687. The summed E-state index contributed by atoms with van der Waals surface area (Å²) in [5.41, 5.74) is 0. The summed E-state index contributed by atoms with van der Waals surface area (Å²) in [6.07, 6.45) is 8.17. The first kappa shape index (κ1) is 15.4. The number of carbonyl (C=O) groups excluding carboxylic acids is 1. The van der Waals surface area contributed by atoms with E-state index in [0.717, 1.165) is 12.8 Å². The topological polar surface area (TPSA) is 69.6 Å². The third-order valence-electron chi connectivity index (χ3n) is 3.50. The van der Waals surface area contributed by atoms with Gasteiger partial charge >= 0.3 is 12.0 Å². The fourth-order valence-electron chi connectivity index (χ4n) is 1.85. The molecular formula is C14H22N2O3. The summed E-state index contributed by atoms with van der Waals surface area (Å²) in [5.74, 6) is 1.84. The van der Waals surface area contributed by atoms with Crippen LogP contribution in [0.1, 0.15) is 33.1 Å². The van der Waals surface area contributed by atoms with Crippen LogP contribution in [0.3, 0.4) is 0 Å². The normalized spacial score (nSPS) is 17.1. The summed E-state index contributed by atoms with van der Waals surface area (Å²) >= 11 is 0. The number of carboxylic acid groups (broad SMARTS) is 1. The third kappa shape index (κ3) is 4.82. The molecule has 0 bridgehead atoms. The van der Waals surface area contributed by atoms with Crippen molar-refractivity contribution in [3.8, 4) is 12.3 Å². The van der Waals surface area contributed by atoms with Crippen molar-refractivity contribution in [1.82, 2.24) is 10.2 Å². The van der Waals surface area contributed by atoms with Gasteiger partial charge in [0.25, 0.3) is 0 Å². The minimum Gasteiger partial charge on any atom is -0.480 e. The summed E-state index contributed by atoms with van der Waals surface area (Å²) in [6, 6.07) is -1.24. The van der Waals surface area contributed by atoms with E-state index in [9.17, 15) is 9.59 Å². The molecule has 0 aromatic rings. The van der Waals surface area contributed by atoms with Crippen LogP contribution in [0.5, 0.6) is 0 Å². The second-order valence-corrected chi connectivity index (χ2v) is 5.18. The Bertz CT molecular complexity index is 371. The van der Waals surface area contributed by atoms with Crippen molar-refractivity contribution in [1.29, 1.82) is 0 Å². The maximum atomic E-state index is 12.1. The van der Waals surface area contributed by atoms with Gasteiger partial charge in [0.05, 0.1) is 6.54 Å². The molecule has 0 saturated heterocycles. The smallest absolute Gasteiger partial charge is 0.326 e. The van der Waals surface area contributed by atoms with Crippen molar-refractivity contribution in [3.63, 3.8) is 0 Å². The summed E-state index contributed by atoms with van der Waals surface area (Å²) in [7, 11) is 0. The van der Waals surface area contributed by atoms with E-state index >= 15 is 0 Å². The molecule has 0 aliphatic heterocycles. The molecule has 5 heteroatoms. The molecule has 0 spiro atoms. The second-order valence-electron chi connectivity index (χ2n) is 5.18. The highest BCUT2D eigenvalue weighted by Crippen LogP contribution is 2.29. The van der Waals surface area contributed by atoms with Gasteiger partial charge in [-0.2, -0.15) is 0 Å². The van der Waals surface area contributed by atoms with Crippen LogP contribution >= 0.6 is 0 Å². The molecule has 19 heavy (non-hydrogen) atoms. The zero-order chi connectivity index (χ0) is 14.4. The van der Waals surface area contributed by atoms with Gasteiger partial charge in [-0.05, 0) is 24.7 Å². The number of terminal acetylenes is 1. The van der Waals surface area contributed by atoms with Crippen LogP contribution in [0.4, 0.5) is 4.79 Å². The maximum Gasteiger partial charge on any atom is 0.326 e. The number of hydrogen-bond acceptors (Lipinski definition) is 2. The van der Waals surface area contributed by atoms with Gasteiger partial charge in [-0.3, -0.25) is 0 Å². The van der Waals surface area contributed by atoms with Crippen LogP contribution in [0.25, 0.3) is 0 Å². The summed E-state index contributed by atoms with van der Waals surface area (Å²) < 4.78 is 0. The zero-order valence-electron chi connectivity index (χ0n) is 11.6. The molecule has 1 aliphatic carbocycles. The Kier molecular flexibility index (Phi) is 5.68.